The third-order valence-corrected chi connectivity index (χ3v) is 6.67. The number of fused-ring (bicyclic) bond motifs is 1. The second-order valence-corrected chi connectivity index (χ2v) is 7.90. The van der Waals surface area contributed by atoms with Gasteiger partial charge < -0.3 is 5.73 Å². The number of hydrogen-bond donors (Lipinski definition) is 1. The van der Waals surface area contributed by atoms with E-state index in [9.17, 15) is 4.21 Å². The fourth-order valence-electron chi connectivity index (χ4n) is 2.47. The Morgan fingerprint density at radius 2 is 2.10 bits per heavy atom. The van der Waals surface area contributed by atoms with Gasteiger partial charge >= 0.3 is 0 Å². The summed E-state index contributed by atoms with van der Waals surface area (Å²) in [7, 11) is -0.984. The van der Waals surface area contributed by atoms with Crippen LogP contribution in [0.25, 0.3) is 0 Å². The fourth-order valence-corrected chi connectivity index (χ4v) is 5.52. The molecule has 20 heavy (non-hydrogen) atoms. The molecule has 2 N–H and O–H groups in total. The van der Waals surface area contributed by atoms with E-state index >= 15 is 0 Å². The number of anilines is 1. The van der Waals surface area contributed by atoms with Gasteiger partial charge in [-0.3, -0.25) is 4.21 Å². The molecule has 2 aromatic rings. The minimum atomic E-state index is -0.984. The van der Waals surface area contributed by atoms with E-state index in [1.807, 2.05) is 36.9 Å². The Morgan fingerprint density at radius 1 is 1.30 bits per heavy atom. The van der Waals surface area contributed by atoms with Crippen molar-refractivity contribution in [2.45, 2.75) is 28.4 Å². The monoisotopic (exact) mass is 303 g/mol. The Labute approximate surface area is 126 Å². The summed E-state index contributed by atoms with van der Waals surface area (Å²) in [6, 6.07) is 14.1. The molecule has 0 bridgehead atoms. The lowest BCUT2D eigenvalue weighted by Gasteiger charge is -2.11. The lowest BCUT2D eigenvalue weighted by atomic mass is 10.1. The topological polar surface area (TPSA) is 43.1 Å². The number of benzene rings is 2. The van der Waals surface area contributed by atoms with Gasteiger partial charge in [0.15, 0.2) is 0 Å². The molecule has 3 rings (SSSR count). The molecular formula is C16H17NOS2. The molecule has 1 heterocycles. The van der Waals surface area contributed by atoms with Crippen LogP contribution in [0.2, 0.25) is 0 Å². The lowest BCUT2D eigenvalue weighted by Crippen LogP contribution is -2.13. The van der Waals surface area contributed by atoms with Crippen molar-refractivity contribution in [2.24, 2.45) is 0 Å². The predicted octanol–water partition coefficient (Wildman–Crippen LogP) is 3.40. The molecular weight excluding hydrogens is 286 g/mol. The number of aryl methyl sites for hydroxylation is 1. The summed E-state index contributed by atoms with van der Waals surface area (Å²) in [5, 5.41) is 0.397. The first-order chi connectivity index (χ1) is 9.63. The van der Waals surface area contributed by atoms with Gasteiger partial charge in [0, 0.05) is 26.5 Å². The first-order valence-electron chi connectivity index (χ1n) is 6.62. The molecule has 104 valence electrons. The second kappa shape index (κ2) is 5.62. The molecule has 0 saturated carbocycles. The van der Waals surface area contributed by atoms with E-state index in [0.717, 1.165) is 16.9 Å². The largest absolute Gasteiger partial charge is 0.399 e. The summed E-state index contributed by atoms with van der Waals surface area (Å²) in [4.78, 5) is 2.21. The van der Waals surface area contributed by atoms with Crippen molar-refractivity contribution < 1.29 is 4.21 Å². The zero-order valence-corrected chi connectivity index (χ0v) is 13.0. The predicted molar refractivity (Wildman–Crippen MR) is 86.7 cm³/mol. The third kappa shape index (κ3) is 2.76. The van der Waals surface area contributed by atoms with E-state index < -0.39 is 10.8 Å². The van der Waals surface area contributed by atoms with E-state index in [1.165, 1.54) is 10.5 Å². The maximum atomic E-state index is 12.6. The van der Waals surface area contributed by atoms with Crippen molar-refractivity contribution in [1.82, 2.24) is 0 Å². The quantitative estimate of drug-likeness (QED) is 0.884. The second-order valence-electron chi connectivity index (χ2n) is 5.09. The van der Waals surface area contributed by atoms with Crippen LogP contribution in [0.4, 0.5) is 5.69 Å². The highest BCUT2D eigenvalue weighted by Crippen LogP contribution is 2.37. The maximum Gasteiger partial charge on any atom is 0.0544 e. The Balaban J connectivity index is 1.74. The van der Waals surface area contributed by atoms with E-state index in [0.29, 0.717) is 16.7 Å². The molecule has 2 aromatic carbocycles. The van der Waals surface area contributed by atoms with Crippen molar-refractivity contribution in [1.29, 1.82) is 0 Å². The van der Waals surface area contributed by atoms with Crippen LogP contribution in [0.3, 0.4) is 0 Å². The summed E-state index contributed by atoms with van der Waals surface area (Å²) < 4.78 is 12.6. The molecule has 0 spiro atoms. The van der Waals surface area contributed by atoms with Gasteiger partial charge in [0.2, 0.25) is 0 Å². The van der Waals surface area contributed by atoms with E-state index in [4.69, 9.17) is 5.73 Å². The molecule has 1 aliphatic heterocycles. The van der Waals surface area contributed by atoms with Gasteiger partial charge in [-0.1, -0.05) is 24.3 Å². The van der Waals surface area contributed by atoms with E-state index in [2.05, 4.69) is 24.3 Å². The zero-order valence-electron chi connectivity index (χ0n) is 11.3. The highest BCUT2D eigenvalue weighted by molar-refractivity contribution is 8.01. The molecule has 4 heteroatoms. The molecule has 1 aliphatic rings. The van der Waals surface area contributed by atoms with Gasteiger partial charge in [-0.05, 0) is 42.7 Å². The number of hydrogen-bond acceptors (Lipinski definition) is 3. The van der Waals surface area contributed by atoms with Crippen molar-refractivity contribution in [2.75, 3.05) is 11.5 Å². The Bertz CT molecular complexity index is 644. The SMILES string of the molecule is Cc1ccc(N)cc1S(=O)CC1Cc2ccccc2S1. The third-order valence-electron chi connectivity index (χ3n) is 3.51. The lowest BCUT2D eigenvalue weighted by molar-refractivity contribution is 0.681. The molecule has 0 saturated heterocycles. The van der Waals surface area contributed by atoms with Crippen LogP contribution in [0, 0.1) is 6.92 Å². The van der Waals surface area contributed by atoms with Crippen LogP contribution in [0.1, 0.15) is 11.1 Å². The molecule has 0 radical (unpaired) electrons. The molecule has 0 aliphatic carbocycles. The fraction of sp³-hybridized carbons (Fsp3) is 0.250. The molecule has 2 unspecified atom stereocenters. The van der Waals surface area contributed by atoms with Crippen molar-refractivity contribution in [3.05, 3.63) is 53.6 Å². The van der Waals surface area contributed by atoms with Gasteiger partial charge in [0.25, 0.3) is 0 Å². The average Bonchev–Trinajstić information content (AvgIpc) is 2.83. The smallest absolute Gasteiger partial charge is 0.0544 e. The van der Waals surface area contributed by atoms with Crippen LogP contribution < -0.4 is 5.73 Å². The Hall–Kier alpha value is -1.26. The van der Waals surface area contributed by atoms with E-state index in [1.54, 1.807) is 0 Å². The molecule has 0 amide bonds. The van der Waals surface area contributed by atoms with Gasteiger partial charge in [-0.2, -0.15) is 0 Å². The number of thioether (sulfide) groups is 1. The number of rotatable bonds is 3. The van der Waals surface area contributed by atoms with Crippen molar-refractivity contribution >= 4 is 28.2 Å². The highest BCUT2D eigenvalue weighted by Gasteiger charge is 2.24. The minimum absolute atomic E-state index is 0.397. The normalized spacial score (nSPS) is 18.8. The van der Waals surface area contributed by atoms with Crippen LogP contribution in [-0.2, 0) is 17.2 Å². The summed E-state index contributed by atoms with van der Waals surface area (Å²) in [6.07, 6.45) is 1.01. The minimum Gasteiger partial charge on any atom is -0.399 e. The molecule has 2 nitrogen and oxygen atoms in total. The summed E-state index contributed by atoms with van der Waals surface area (Å²) in [5.41, 5.74) is 8.92. The first-order valence-corrected chi connectivity index (χ1v) is 8.82. The summed E-state index contributed by atoms with van der Waals surface area (Å²) in [5.74, 6) is 0.684. The van der Waals surface area contributed by atoms with Gasteiger partial charge in [0.05, 0.1) is 10.8 Å². The van der Waals surface area contributed by atoms with Gasteiger partial charge in [-0.15, -0.1) is 11.8 Å². The standard InChI is InChI=1S/C16H17NOS2/c1-11-6-7-13(17)9-16(11)20(18)10-14-8-12-4-2-3-5-15(12)19-14/h2-7,9,14H,8,10,17H2,1H3. The summed E-state index contributed by atoms with van der Waals surface area (Å²) in [6.45, 7) is 1.99. The number of nitrogen functional groups attached to an aromatic ring is 1. The number of nitrogens with two attached hydrogens (primary N) is 1. The van der Waals surface area contributed by atoms with Crippen LogP contribution >= 0.6 is 11.8 Å². The van der Waals surface area contributed by atoms with Crippen LogP contribution in [0.5, 0.6) is 0 Å². The summed E-state index contributed by atoms with van der Waals surface area (Å²) >= 11 is 1.84. The van der Waals surface area contributed by atoms with Gasteiger partial charge in [-0.25, -0.2) is 0 Å². The van der Waals surface area contributed by atoms with Gasteiger partial charge in [0.1, 0.15) is 0 Å². The van der Waals surface area contributed by atoms with Crippen molar-refractivity contribution in [3.63, 3.8) is 0 Å². The molecule has 2 atom stereocenters. The Morgan fingerprint density at radius 3 is 2.90 bits per heavy atom. The molecule has 0 aromatic heterocycles. The van der Waals surface area contributed by atoms with E-state index in [-0.39, 0.29) is 0 Å². The van der Waals surface area contributed by atoms with Crippen LogP contribution in [-0.4, -0.2) is 15.2 Å². The Kier molecular flexibility index (Phi) is 3.85. The highest BCUT2D eigenvalue weighted by atomic mass is 32.2. The van der Waals surface area contributed by atoms with Crippen LogP contribution in [0.15, 0.2) is 52.3 Å². The average molecular weight is 303 g/mol. The first kappa shape index (κ1) is 13.7. The maximum absolute atomic E-state index is 12.6. The van der Waals surface area contributed by atoms with Crippen molar-refractivity contribution in [3.8, 4) is 0 Å². The molecule has 0 fully saturated rings. The zero-order chi connectivity index (χ0) is 14.1.